The van der Waals surface area contributed by atoms with Gasteiger partial charge in [-0.3, -0.25) is 4.79 Å². The predicted octanol–water partition coefficient (Wildman–Crippen LogP) is 4.60. The SMILES string of the molecule is Cc1nc2cc(NC(=O)c3c(C)nn(Cc4ccccc4)c3Cl)ccc2o1. The number of hydrogen-bond donors (Lipinski definition) is 1. The Hall–Kier alpha value is -3.12. The zero-order valence-electron chi connectivity index (χ0n) is 14.9. The Labute approximate surface area is 160 Å². The Balaban J connectivity index is 1.59. The van der Waals surface area contributed by atoms with Crippen LogP contribution in [0.2, 0.25) is 5.15 Å². The van der Waals surface area contributed by atoms with E-state index in [1.54, 1.807) is 36.7 Å². The highest BCUT2D eigenvalue weighted by Crippen LogP contribution is 2.24. The molecule has 2 aromatic carbocycles. The van der Waals surface area contributed by atoms with Crippen LogP contribution in [-0.2, 0) is 6.54 Å². The number of carbonyl (C=O) groups is 1. The van der Waals surface area contributed by atoms with Crippen molar-refractivity contribution < 1.29 is 9.21 Å². The zero-order chi connectivity index (χ0) is 19.0. The summed E-state index contributed by atoms with van der Waals surface area (Å²) < 4.78 is 7.08. The van der Waals surface area contributed by atoms with E-state index < -0.39 is 0 Å². The molecule has 0 fully saturated rings. The first-order chi connectivity index (χ1) is 13.0. The normalized spacial score (nSPS) is 11.1. The van der Waals surface area contributed by atoms with Crippen LogP contribution in [-0.4, -0.2) is 20.7 Å². The molecule has 0 unspecified atom stereocenters. The van der Waals surface area contributed by atoms with Gasteiger partial charge in [-0.2, -0.15) is 5.10 Å². The quantitative estimate of drug-likeness (QED) is 0.561. The largest absolute Gasteiger partial charge is 0.441 e. The molecule has 136 valence electrons. The molecule has 4 aromatic rings. The van der Waals surface area contributed by atoms with Gasteiger partial charge in [-0.15, -0.1) is 0 Å². The Bertz CT molecular complexity index is 1130. The van der Waals surface area contributed by atoms with Crippen LogP contribution >= 0.6 is 11.6 Å². The van der Waals surface area contributed by atoms with Crippen LogP contribution in [0.15, 0.2) is 52.9 Å². The van der Waals surface area contributed by atoms with Crippen molar-refractivity contribution in [2.45, 2.75) is 20.4 Å². The number of aromatic nitrogens is 3. The minimum atomic E-state index is -0.309. The van der Waals surface area contributed by atoms with Crippen molar-refractivity contribution in [1.29, 1.82) is 0 Å². The molecule has 1 N–H and O–H groups in total. The number of fused-ring (bicyclic) bond motifs is 1. The van der Waals surface area contributed by atoms with Gasteiger partial charge in [0.1, 0.15) is 10.7 Å². The average molecular weight is 381 g/mol. The highest BCUT2D eigenvalue weighted by atomic mass is 35.5. The number of hydrogen-bond acceptors (Lipinski definition) is 4. The first-order valence-electron chi connectivity index (χ1n) is 8.46. The second kappa shape index (κ2) is 6.89. The summed E-state index contributed by atoms with van der Waals surface area (Å²) in [5, 5.41) is 7.59. The lowest BCUT2D eigenvalue weighted by atomic mass is 10.2. The summed E-state index contributed by atoms with van der Waals surface area (Å²) in [4.78, 5) is 17.0. The molecule has 2 heterocycles. The second-order valence-electron chi connectivity index (χ2n) is 6.26. The lowest BCUT2D eigenvalue weighted by Crippen LogP contribution is -2.13. The smallest absolute Gasteiger partial charge is 0.260 e. The summed E-state index contributed by atoms with van der Waals surface area (Å²) in [6.45, 7) is 4.05. The third-order valence-electron chi connectivity index (χ3n) is 4.22. The fourth-order valence-corrected chi connectivity index (χ4v) is 3.31. The molecular weight excluding hydrogens is 364 g/mol. The van der Waals surface area contributed by atoms with Crippen molar-refractivity contribution in [3.05, 3.63) is 76.4 Å². The van der Waals surface area contributed by atoms with Gasteiger partial charge in [0.15, 0.2) is 11.5 Å². The molecule has 6 nitrogen and oxygen atoms in total. The fourth-order valence-electron chi connectivity index (χ4n) is 2.99. The van der Waals surface area contributed by atoms with Crippen LogP contribution in [0.4, 0.5) is 5.69 Å². The molecule has 0 aliphatic heterocycles. The fraction of sp³-hybridized carbons (Fsp3) is 0.150. The zero-order valence-corrected chi connectivity index (χ0v) is 15.6. The van der Waals surface area contributed by atoms with Crippen LogP contribution in [0, 0.1) is 13.8 Å². The third-order valence-corrected chi connectivity index (χ3v) is 4.60. The topological polar surface area (TPSA) is 73.0 Å². The van der Waals surface area contributed by atoms with E-state index in [1.165, 1.54) is 0 Å². The van der Waals surface area contributed by atoms with E-state index >= 15 is 0 Å². The molecule has 0 radical (unpaired) electrons. The number of nitrogens with one attached hydrogen (secondary N) is 1. The molecule has 0 aliphatic rings. The Kier molecular flexibility index (Phi) is 4.41. The van der Waals surface area contributed by atoms with E-state index in [9.17, 15) is 4.79 Å². The summed E-state index contributed by atoms with van der Waals surface area (Å²) in [7, 11) is 0. The average Bonchev–Trinajstić information content (AvgIpc) is 3.14. The number of halogens is 1. The Morgan fingerprint density at radius 3 is 2.74 bits per heavy atom. The molecule has 0 spiro atoms. The van der Waals surface area contributed by atoms with E-state index in [0.29, 0.717) is 45.6 Å². The molecule has 0 atom stereocenters. The van der Waals surface area contributed by atoms with Crippen molar-refractivity contribution in [3.8, 4) is 0 Å². The number of anilines is 1. The standard InChI is InChI=1S/C20H17ClN4O2/c1-12-18(19(21)25(24-12)11-14-6-4-3-5-7-14)20(26)23-15-8-9-17-16(10-15)22-13(2)27-17/h3-10H,11H2,1-2H3,(H,23,26). The molecular formula is C20H17ClN4O2. The summed E-state index contributed by atoms with van der Waals surface area (Å²) in [6, 6.07) is 15.1. The number of carbonyl (C=O) groups excluding carboxylic acids is 1. The Morgan fingerprint density at radius 2 is 1.96 bits per heavy atom. The highest BCUT2D eigenvalue weighted by Gasteiger charge is 2.21. The molecule has 4 rings (SSSR count). The van der Waals surface area contributed by atoms with Gasteiger partial charge in [-0.25, -0.2) is 9.67 Å². The van der Waals surface area contributed by atoms with Crippen molar-refractivity contribution in [2.75, 3.05) is 5.32 Å². The lowest BCUT2D eigenvalue weighted by Gasteiger charge is -2.06. The first-order valence-corrected chi connectivity index (χ1v) is 8.84. The molecule has 1 amide bonds. The molecule has 0 aliphatic carbocycles. The molecule has 27 heavy (non-hydrogen) atoms. The number of rotatable bonds is 4. The van der Waals surface area contributed by atoms with Gasteiger partial charge in [0.05, 0.1) is 17.8 Å². The van der Waals surface area contributed by atoms with Crippen molar-refractivity contribution in [1.82, 2.24) is 14.8 Å². The lowest BCUT2D eigenvalue weighted by molar-refractivity contribution is 0.102. The van der Waals surface area contributed by atoms with Gasteiger partial charge in [-0.1, -0.05) is 41.9 Å². The van der Waals surface area contributed by atoms with Crippen LogP contribution in [0.25, 0.3) is 11.1 Å². The number of nitrogens with zero attached hydrogens (tertiary/aromatic N) is 3. The van der Waals surface area contributed by atoms with Gasteiger partial charge < -0.3 is 9.73 Å². The minimum absolute atomic E-state index is 0.309. The van der Waals surface area contributed by atoms with Crippen molar-refractivity contribution >= 4 is 34.3 Å². The van der Waals surface area contributed by atoms with Crippen LogP contribution in [0.3, 0.4) is 0 Å². The number of oxazole rings is 1. The van der Waals surface area contributed by atoms with Gasteiger partial charge >= 0.3 is 0 Å². The monoisotopic (exact) mass is 380 g/mol. The Morgan fingerprint density at radius 1 is 1.19 bits per heavy atom. The maximum absolute atomic E-state index is 12.8. The van der Waals surface area contributed by atoms with E-state index in [2.05, 4.69) is 15.4 Å². The van der Waals surface area contributed by atoms with Crippen molar-refractivity contribution in [3.63, 3.8) is 0 Å². The second-order valence-corrected chi connectivity index (χ2v) is 6.62. The van der Waals surface area contributed by atoms with Gasteiger partial charge in [0.2, 0.25) is 0 Å². The van der Waals surface area contributed by atoms with Crippen LogP contribution in [0.1, 0.15) is 27.5 Å². The summed E-state index contributed by atoms with van der Waals surface area (Å²) in [6.07, 6.45) is 0. The predicted molar refractivity (Wildman–Crippen MR) is 104 cm³/mol. The molecule has 0 saturated carbocycles. The molecule has 0 bridgehead atoms. The van der Waals surface area contributed by atoms with Crippen LogP contribution < -0.4 is 5.32 Å². The van der Waals surface area contributed by atoms with Crippen molar-refractivity contribution in [2.24, 2.45) is 0 Å². The summed E-state index contributed by atoms with van der Waals surface area (Å²) >= 11 is 6.45. The summed E-state index contributed by atoms with van der Waals surface area (Å²) in [5.41, 5.74) is 3.98. The molecule has 0 saturated heterocycles. The number of amides is 1. The molecule has 2 aromatic heterocycles. The van der Waals surface area contributed by atoms with Crippen LogP contribution in [0.5, 0.6) is 0 Å². The maximum Gasteiger partial charge on any atom is 0.260 e. The maximum atomic E-state index is 12.8. The van der Waals surface area contributed by atoms with Gasteiger partial charge in [-0.05, 0) is 30.7 Å². The summed E-state index contributed by atoms with van der Waals surface area (Å²) in [5.74, 6) is 0.269. The molecule has 7 heteroatoms. The number of aryl methyl sites for hydroxylation is 2. The first kappa shape index (κ1) is 17.3. The van der Waals surface area contributed by atoms with E-state index in [0.717, 1.165) is 5.56 Å². The van der Waals surface area contributed by atoms with E-state index in [-0.39, 0.29) is 5.91 Å². The number of benzene rings is 2. The van der Waals surface area contributed by atoms with Gasteiger partial charge in [0, 0.05) is 12.6 Å². The van der Waals surface area contributed by atoms with E-state index in [4.69, 9.17) is 16.0 Å². The minimum Gasteiger partial charge on any atom is -0.441 e. The third kappa shape index (κ3) is 3.44. The highest BCUT2D eigenvalue weighted by molar-refractivity contribution is 6.33. The van der Waals surface area contributed by atoms with Gasteiger partial charge in [0.25, 0.3) is 5.91 Å². The van der Waals surface area contributed by atoms with E-state index in [1.807, 2.05) is 30.3 Å².